The summed E-state index contributed by atoms with van der Waals surface area (Å²) in [6.45, 7) is 0. The van der Waals surface area contributed by atoms with Gasteiger partial charge >= 0.3 is 0 Å². The van der Waals surface area contributed by atoms with Crippen LogP contribution in [0.3, 0.4) is 0 Å². The SMILES string of the molecule is CN(C)c1cccc(C(=O)NNC(=O)c2csc(-c3cccs3)n2)c1. The number of aromatic nitrogens is 1. The standard InChI is InChI=1S/C17H16N4O2S2/c1-21(2)12-6-3-5-11(9-12)15(22)19-20-16(23)13-10-25-17(18-13)14-7-4-8-24-14/h3-10H,1-2H3,(H,19,22)(H,20,23). The number of benzene rings is 1. The van der Waals surface area contributed by atoms with Gasteiger partial charge in [-0.1, -0.05) is 12.1 Å². The first-order valence-corrected chi connectivity index (χ1v) is 9.18. The largest absolute Gasteiger partial charge is 0.378 e. The van der Waals surface area contributed by atoms with E-state index in [1.54, 1.807) is 34.9 Å². The molecule has 0 unspecified atom stereocenters. The third kappa shape index (κ3) is 4.04. The molecule has 0 saturated heterocycles. The molecule has 2 heterocycles. The van der Waals surface area contributed by atoms with Gasteiger partial charge in [0.2, 0.25) is 0 Å². The quantitative estimate of drug-likeness (QED) is 0.691. The van der Waals surface area contributed by atoms with Gasteiger partial charge in [0.05, 0.1) is 4.88 Å². The van der Waals surface area contributed by atoms with E-state index in [4.69, 9.17) is 0 Å². The zero-order valence-corrected chi connectivity index (χ0v) is 15.3. The van der Waals surface area contributed by atoms with Crippen molar-refractivity contribution >= 4 is 40.2 Å². The molecule has 0 fully saturated rings. The molecule has 0 radical (unpaired) electrons. The first-order chi connectivity index (χ1) is 12.0. The summed E-state index contributed by atoms with van der Waals surface area (Å²) in [5.74, 6) is -0.832. The number of hydrogen-bond donors (Lipinski definition) is 2. The summed E-state index contributed by atoms with van der Waals surface area (Å²) in [7, 11) is 3.79. The molecule has 2 aromatic heterocycles. The third-order valence-electron chi connectivity index (χ3n) is 3.38. The van der Waals surface area contributed by atoms with Crippen LogP contribution in [0.25, 0.3) is 9.88 Å². The van der Waals surface area contributed by atoms with Crippen LogP contribution in [-0.4, -0.2) is 30.9 Å². The van der Waals surface area contributed by atoms with Gasteiger partial charge in [0, 0.05) is 30.7 Å². The summed E-state index contributed by atoms with van der Waals surface area (Å²) in [6.07, 6.45) is 0. The molecule has 0 aliphatic carbocycles. The number of nitrogens with zero attached hydrogens (tertiary/aromatic N) is 2. The Morgan fingerprint density at radius 1 is 1.04 bits per heavy atom. The average molecular weight is 372 g/mol. The number of anilines is 1. The van der Waals surface area contributed by atoms with Gasteiger partial charge in [-0.15, -0.1) is 22.7 Å². The molecule has 8 heteroatoms. The van der Waals surface area contributed by atoms with E-state index in [-0.39, 0.29) is 11.6 Å². The van der Waals surface area contributed by atoms with Gasteiger partial charge in [-0.3, -0.25) is 20.4 Å². The van der Waals surface area contributed by atoms with Gasteiger partial charge in [0.1, 0.15) is 10.7 Å². The lowest BCUT2D eigenvalue weighted by molar-refractivity contribution is 0.0844. The second-order valence-electron chi connectivity index (χ2n) is 5.37. The first-order valence-electron chi connectivity index (χ1n) is 7.42. The number of thiophene rings is 1. The highest BCUT2D eigenvalue weighted by atomic mass is 32.1. The topological polar surface area (TPSA) is 74.3 Å². The fourth-order valence-corrected chi connectivity index (χ4v) is 3.68. The zero-order valence-electron chi connectivity index (χ0n) is 13.6. The van der Waals surface area contributed by atoms with Crippen molar-refractivity contribution < 1.29 is 9.59 Å². The van der Waals surface area contributed by atoms with E-state index in [2.05, 4.69) is 15.8 Å². The highest BCUT2D eigenvalue weighted by Gasteiger charge is 2.14. The van der Waals surface area contributed by atoms with E-state index in [1.165, 1.54) is 11.3 Å². The molecule has 2 N–H and O–H groups in total. The van der Waals surface area contributed by atoms with Gasteiger partial charge in [0.25, 0.3) is 11.8 Å². The van der Waals surface area contributed by atoms with Crippen LogP contribution in [0.15, 0.2) is 47.2 Å². The molecule has 0 aliphatic rings. The Kier molecular flexibility index (Phi) is 5.11. The molecule has 0 bridgehead atoms. The molecule has 3 rings (SSSR count). The molecular formula is C17H16N4O2S2. The van der Waals surface area contributed by atoms with Gasteiger partial charge in [-0.05, 0) is 29.6 Å². The Bertz CT molecular complexity index is 888. The van der Waals surface area contributed by atoms with E-state index in [0.29, 0.717) is 5.56 Å². The molecule has 3 aromatic rings. The van der Waals surface area contributed by atoms with E-state index in [1.807, 2.05) is 42.6 Å². The Morgan fingerprint density at radius 2 is 1.84 bits per heavy atom. The highest BCUT2D eigenvalue weighted by molar-refractivity contribution is 7.20. The third-order valence-corrected chi connectivity index (χ3v) is 5.26. The number of hydrazine groups is 1. The van der Waals surface area contributed by atoms with Crippen molar-refractivity contribution in [3.63, 3.8) is 0 Å². The summed E-state index contributed by atoms with van der Waals surface area (Å²) in [4.78, 5) is 31.5. The van der Waals surface area contributed by atoms with Crippen molar-refractivity contribution in [2.24, 2.45) is 0 Å². The highest BCUT2D eigenvalue weighted by Crippen LogP contribution is 2.27. The lowest BCUT2D eigenvalue weighted by atomic mass is 10.2. The van der Waals surface area contributed by atoms with Crippen LogP contribution >= 0.6 is 22.7 Å². The molecule has 6 nitrogen and oxygen atoms in total. The second kappa shape index (κ2) is 7.45. The number of nitrogens with one attached hydrogen (secondary N) is 2. The molecule has 0 spiro atoms. The minimum atomic E-state index is -0.448. The number of rotatable bonds is 4. The molecule has 0 atom stereocenters. The van der Waals surface area contributed by atoms with E-state index in [0.717, 1.165) is 15.6 Å². The summed E-state index contributed by atoms with van der Waals surface area (Å²) in [6, 6.07) is 11.0. The maximum atomic E-state index is 12.2. The summed E-state index contributed by atoms with van der Waals surface area (Å²) in [5.41, 5.74) is 6.46. The summed E-state index contributed by atoms with van der Waals surface area (Å²) < 4.78 is 0. The molecule has 0 saturated carbocycles. The lowest BCUT2D eigenvalue weighted by Gasteiger charge is -2.13. The Labute approximate surface area is 153 Å². The zero-order chi connectivity index (χ0) is 17.8. The van der Waals surface area contributed by atoms with Crippen LogP contribution in [0.4, 0.5) is 5.69 Å². The lowest BCUT2D eigenvalue weighted by Crippen LogP contribution is -2.41. The van der Waals surface area contributed by atoms with Gasteiger partial charge in [0.15, 0.2) is 0 Å². The molecule has 0 aliphatic heterocycles. The van der Waals surface area contributed by atoms with Crippen molar-refractivity contribution in [2.45, 2.75) is 0 Å². The number of carbonyl (C=O) groups is 2. The van der Waals surface area contributed by atoms with Gasteiger partial charge < -0.3 is 4.90 Å². The smallest absolute Gasteiger partial charge is 0.289 e. The summed E-state index contributed by atoms with van der Waals surface area (Å²) in [5, 5.41) is 4.41. The fourth-order valence-electron chi connectivity index (χ4n) is 2.07. The van der Waals surface area contributed by atoms with Crippen molar-refractivity contribution in [3.05, 3.63) is 58.4 Å². The molecular weight excluding hydrogens is 356 g/mol. The van der Waals surface area contributed by atoms with Crippen molar-refractivity contribution in [1.29, 1.82) is 0 Å². The predicted molar refractivity (Wildman–Crippen MR) is 101 cm³/mol. The van der Waals surface area contributed by atoms with Crippen LogP contribution in [0.5, 0.6) is 0 Å². The maximum absolute atomic E-state index is 12.2. The molecule has 2 amide bonds. The van der Waals surface area contributed by atoms with Crippen molar-refractivity contribution in [3.8, 4) is 9.88 Å². The molecule has 128 valence electrons. The number of hydrogen-bond acceptors (Lipinski definition) is 6. The second-order valence-corrected chi connectivity index (χ2v) is 7.17. The van der Waals surface area contributed by atoms with Crippen LogP contribution in [0.2, 0.25) is 0 Å². The minimum absolute atomic E-state index is 0.274. The molecule has 25 heavy (non-hydrogen) atoms. The number of thiazole rings is 1. The van der Waals surface area contributed by atoms with E-state index >= 15 is 0 Å². The van der Waals surface area contributed by atoms with Crippen LogP contribution in [0.1, 0.15) is 20.8 Å². The minimum Gasteiger partial charge on any atom is -0.378 e. The summed E-state index contributed by atoms with van der Waals surface area (Å²) >= 11 is 2.95. The average Bonchev–Trinajstić information content (AvgIpc) is 3.30. The first kappa shape index (κ1) is 17.1. The number of amides is 2. The van der Waals surface area contributed by atoms with Crippen molar-refractivity contribution in [2.75, 3.05) is 19.0 Å². The maximum Gasteiger partial charge on any atom is 0.289 e. The van der Waals surface area contributed by atoms with Crippen molar-refractivity contribution in [1.82, 2.24) is 15.8 Å². The predicted octanol–water partition coefficient (Wildman–Crippen LogP) is 3.01. The van der Waals surface area contributed by atoms with Gasteiger partial charge in [-0.25, -0.2) is 4.98 Å². The van der Waals surface area contributed by atoms with Crippen LogP contribution in [0, 0.1) is 0 Å². The Balaban J connectivity index is 1.62. The van der Waals surface area contributed by atoms with Gasteiger partial charge in [-0.2, -0.15) is 0 Å². The Morgan fingerprint density at radius 3 is 2.56 bits per heavy atom. The number of carbonyl (C=O) groups excluding carboxylic acids is 2. The monoisotopic (exact) mass is 372 g/mol. The van der Waals surface area contributed by atoms with E-state index in [9.17, 15) is 9.59 Å². The molecule has 1 aromatic carbocycles. The normalized spacial score (nSPS) is 10.3. The fraction of sp³-hybridized carbons (Fsp3) is 0.118. The van der Waals surface area contributed by atoms with Crippen LogP contribution in [-0.2, 0) is 0 Å². The van der Waals surface area contributed by atoms with E-state index < -0.39 is 5.91 Å². The van der Waals surface area contributed by atoms with Crippen LogP contribution < -0.4 is 15.8 Å². The Hall–Kier alpha value is -2.71.